The zero-order valence-electron chi connectivity index (χ0n) is 10.5. The van der Waals surface area contributed by atoms with Crippen LogP contribution in [0.15, 0.2) is 0 Å². The largest absolute Gasteiger partial charge is 0.396 e. The molecule has 16 heavy (non-hydrogen) atoms. The average Bonchev–Trinajstić information content (AvgIpc) is 2.83. The van der Waals surface area contributed by atoms with Gasteiger partial charge < -0.3 is 15.3 Å². The Morgan fingerprint density at radius 3 is 2.62 bits per heavy atom. The molecule has 2 saturated heterocycles. The summed E-state index contributed by atoms with van der Waals surface area (Å²) >= 11 is 0. The molecule has 0 aliphatic carbocycles. The lowest BCUT2D eigenvalue weighted by Gasteiger charge is -2.35. The molecule has 2 N–H and O–H groups in total. The average molecular weight is 226 g/mol. The Hall–Kier alpha value is -0.120. The van der Waals surface area contributed by atoms with Crippen molar-refractivity contribution in [3.8, 4) is 0 Å². The quantitative estimate of drug-likeness (QED) is 0.753. The molecule has 0 aromatic rings. The first-order valence-corrected chi connectivity index (χ1v) is 6.86. The van der Waals surface area contributed by atoms with Gasteiger partial charge in [0.1, 0.15) is 0 Å². The molecule has 0 spiro atoms. The number of aliphatic hydroxyl groups excluding tert-OH is 1. The summed E-state index contributed by atoms with van der Waals surface area (Å²) in [6.07, 6.45) is 5.44. The maximum absolute atomic E-state index is 9.05. The molecule has 0 amide bonds. The topological polar surface area (TPSA) is 35.5 Å². The second-order valence-corrected chi connectivity index (χ2v) is 5.63. The predicted octanol–water partition coefficient (Wildman–Crippen LogP) is 1.08. The lowest BCUT2D eigenvalue weighted by Crippen LogP contribution is -2.42. The monoisotopic (exact) mass is 226 g/mol. The molecular weight excluding hydrogens is 200 g/mol. The fourth-order valence-electron chi connectivity index (χ4n) is 3.15. The van der Waals surface area contributed by atoms with Crippen LogP contribution < -0.4 is 5.32 Å². The fraction of sp³-hybridized carbons (Fsp3) is 1.00. The van der Waals surface area contributed by atoms with E-state index in [0.717, 1.165) is 18.5 Å². The highest BCUT2D eigenvalue weighted by atomic mass is 16.3. The molecule has 3 heteroatoms. The Kier molecular flexibility index (Phi) is 4.62. The Morgan fingerprint density at radius 2 is 2.06 bits per heavy atom. The molecule has 0 bridgehead atoms. The molecule has 3 nitrogen and oxygen atoms in total. The molecule has 2 rings (SSSR count). The van der Waals surface area contributed by atoms with Gasteiger partial charge in [-0.1, -0.05) is 6.92 Å². The summed E-state index contributed by atoms with van der Waals surface area (Å²) in [4.78, 5) is 2.52. The summed E-state index contributed by atoms with van der Waals surface area (Å²) in [6.45, 7) is 7.21. The van der Waals surface area contributed by atoms with Crippen molar-refractivity contribution in [1.82, 2.24) is 10.2 Å². The van der Waals surface area contributed by atoms with E-state index in [-0.39, 0.29) is 0 Å². The fourth-order valence-corrected chi connectivity index (χ4v) is 3.15. The summed E-state index contributed by atoms with van der Waals surface area (Å²) in [5.41, 5.74) is 0. The second kappa shape index (κ2) is 5.99. The molecular formula is C13H26N2O. The molecule has 2 fully saturated rings. The molecule has 0 aromatic heterocycles. The van der Waals surface area contributed by atoms with Crippen LogP contribution in [0, 0.1) is 11.8 Å². The van der Waals surface area contributed by atoms with Crippen LogP contribution in [0.5, 0.6) is 0 Å². The molecule has 2 atom stereocenters. The predicted molar refractivity (Wildman–Crippen MR) is 66.4 cm³/mol. The number of rotatable bonds is 4. The molecule has 2 aliphatic heterocycles. The third kappa shape index (κ3) is 3.19. The first-order valence-electron chi connectivity index (χ1n) is 6.86. The number of nitrogens with zero attached hydrogens (tertiary/aromatic N) is 1. The highest BCUT2D eigenvalue weighted by Crippen LogP contribution is 2.25. The SMILES string of the molecule is CC(CO)CN1CCC(C2CCCN2)CC1. The second-order valence-electron chi connectivity index (χ2n) is 5.63. The van der Waals surface area contributed by atoms with Crippen LogP contribution in [0.4, 0.5) is 0 Å². The highest BCUT2D eigenvalue weighted by molar-refractivity contribution is 4.85. The van der Waals surface area contributed by atoms with Gasteiger partial charge in [0, 0.05) is 19.2 Å². The molecule has 94 valence electrons. The number of likely N-dealkylation sites (tertiary alicyclic amines) is 1. The van der Waals surface area contributed by atoms with Crippen LogP contribution in [-0.4, -0.2) is 48.8 Å². The van der Waals surface area contributed by atoms with E-state index in [0.29, 0.717) is 12.5 Å². The van der Waals surface area contributed by atoms with Crippen molar-refractivity contribution in [1.29, 1.82) is 0 Å². The van der Waals surface area contributed by atoms with Crippen molar-refractivity contribution >= 4 is 0 Å². The van der Waals surface area contributed by atoms with Gasteiger partial charge >= 0.3 is 0 Å². The lowest BCUT2D eigenvalue weighted by atomic mass is 9.88. The van der Waals surface area contributed by atoms with E-state index in [9.17, 15) is 0 Å². The van der Waals surface area contributed by atoms with E-state index in [4.69, 9.17) is 5.11 Å². The number of piperidine rings is 1. The normalized spacial score (nSPS) is 30.8. The smallest absolute Gasteiger partial charge is 0.0468 e. The van der Waals surface area contributed by atoms with Gasteiger partial charge in [-0.25, -0.2) is 0 Å². The Morgan fingerprint density at radius 1 is 1.31 bits per heavy atom. The number of aliphatic hydroxyl groups is 1. The van der Waals surface area contributed by atoms with Gasteiger partial charge in [0.2, 0.25) is 0 Å². The number of hydrogen-bond donors (Lipinski definition) is 2. The van der Waals surface area contributed by atoms with Crippen molar-refractivity contribution in [3.05, 3.63) is 0 Å². The number of hydrogen-bond acceptors (Lipinski definition) is 3. The standard InChI is InChI=1S/C13H26N2O/c1-11(10-16)9-15-7-4-12(5-8-15)13-3-2-6-14-13/h11-14,16H,2-10H2,1H3. The summed E-state index contributed by atoms with van der Waals surface area (Å²) in [6, 6.07) is 0.803. The summed E-state index contributed by atoms with van der Waals surface area (Å²) in [5, 5.41) is 12.7. The first-order chi connectivity index (χ1) is 7.79. The molecule has 2 unspecified atom stereocenters. The molecule has 2 heterocycles. The van der Waals surface area contributed by atoms with Crippen molar-refractivity contribution in [2.45, 2.75) is 38.6 Å². The summed E-state index contributed by atoms with van der Waals surface area (Å²) in [7, 11) is 0. The van der Waals surface area contributed by atoms with E-state index < -0.39 is 0 Å². The summed E-state index contributed by atoms with van der Waals surface area (Å²) < 4.78 is 0. The molecule has 0 radical (unpaired) electrons. The van der Waals surface area contributed by atoms with E-state index >= 15 is 0 Å². The minimum atomic E-state index is 0.324. The van der Waals surface area contributed by atoms with Crippen molar-refractivity contribution < 1.29 is 5.11 Å². The third-order valence-corrected chi connectivity index (χ3v) is 4.18. The van der Waals surface area contributed by atoms with Gasteiger partial charge in [0.15, 0.2) is 0 Å². The lowest BCUT2D eigenvalue weighted by molar-refractivity contribution is 0.125. The minimum Gasteiger partial charge on any atom is -0.396 e. The van der Waals surface area contributed by atoms with Crippen LogP contribution in [0.3, 0.4) is 0 Å². The number of nitrogens with one attached hydrogen (secondary N) is 1. The van der Waals surface area contributed by atoms with Gasteiger partial charge in [0.05, 0.1) is 0 Å². The highest BCUT2D eigenvalue weighted by Gasteiger charge is 2.28. The maximum Gasteiger partial charge on any atom is 0.0468 e. The Bertz CT molecular complexity index is 196. The van der Waals surface area contributed by atoms with E-state index in [1.165, 1.54) is 45.3 Å². The summed E-state index contributed by atoms with van der Waals surface area (Å²) in [5.74, 6) is 1.34. The molecule has 0 aromatic carbocycles. The zero-order valence-corrected chi connectivity index (χ0v) is 10.5. The Labute approximate surface area is 99.2 Å². The minimum absolute atomic E-state index is 0.324. The van der Waals surface area contributed by atoms with Crippen LogP contribution in [0.1, 0.15) is 32.6 Å². The van der Waals surface area contributed by atoms with Crippen molar-refractivity contribution in [2.75, 3.05) is 32.8 Å². The van der Waals surface area contributed by atoms with Crippen molar-refractivity contribution in [2.24, 2.45) is 11.8 Å². The van der Waals surface area contributed by atoms with Crippen LogP contribution in [0.25, 0.3) is 0 Å². The van der Waals surface area contributed by atoms with E-state index in [1.807, 2.05) is 0 Å². The van der Waals surface area contributed by atoms with Gasteiger partial charge in [-0.15, -0.1) is 0 Å². The molecule has 2 aliphatic rings. The van der Waals surface area contributed by atoms with E-state index in [2.05, 4.69) is 17.1 Å². The van der Waals surface area contributed by atoms with Gasteiger partial charge in [-0.05, 0) is 57.2 Å². The molecule has 0 saturated carbocycles. The van der Waals surface area contributed by atoms with E-state index in [1.54, 1.807) is 0 Å². The van der Waals surface area contributed by atoms with Crippen LogP contribution in [-0.2, 0) is 0 Å². The first kappa shape index (κ1) is 12.3. The van der Waals surface area contributed by atoms with Gasteiger partial charge in [0.25, 0.3) is 0 Å². The Balaban J connectivity index is 1.69. The zero-order chi connectivity index (χ0) is 11.4. The third-order valence-electron chi connectivity index (χ3n) is 4.18. The van der Waals surface area contributed by atoms with Crippen LogP contribution in [0.2, 0.25) is 0 Å². The van der Waals surface area contributed by atoms with Crippen LogP contribution >= 0.6 is 0 Å². The van der Waals surface area contributed by atoms with Gasteiger partial charge in [-0.3, -0.25) is 0 Å². The maximum atomic E-state index is 9.05. The van der Waals surface area contributed by atoms with Crippen molar-refractivity contribution in [3.63, 3.8) is 0 Å². The van der Waals surface area contributed by atoms with Gasteiger partial charge in [-0.2, -0.15) is 0 Å².